The van der Waals surface area contributed by atoms with E-state index in [0.717, 1.165) is 31.1 Å². The van der Waals surface area contributed by atoms with Crippen LogP contribution in [-0.4, -0.2) is 29.3 Å². The van der Waals surface area contributed by atoms with Crippen molar-refractivity contribution in [2.45, 2.75) is 77.0 Å². The molecule has 0 bridgehead atoms. The van der Waals surface area contributed by atoms with Crippen LogP contribution in [0.2, 0.25) is 0 Å². The van der Waals surface area contributed by atoms with Crippen molar-refractivity contribution in [3.63, 3.8) is 0 Å². The first kappa shape index (κ1) is 14.4. The molecule has 4 nitrogen and oxygen atoms in total. The summed E-state index contributed by atoms with van der Waals surface area (Å²) < 4.78 is 11.7. The van der Waals surface area contributed by atoms with E-state index < -0.39 is 0 Å². The molecule has 0 amide bonds. The Kier molecular flexibility index (Phi) is 4.71. The predicted molar refractivity (Wildman–Crippen MR) is 79.8 cm³/mol. The SMILES string of the molecule is CC1CC(OCc2csc(CNC3CC3)n2)CC(C)O1. The normalized spacial score (nSPS) is 30.6. The molecular formula is C15H24N2O2S. The summed E-state index contributed by atoms with van der Waals surface area (Å²) in [4.78, 5) is 4.63. The second kappa shape index (κ2) is 6.52. The summed E-state index contributed by atoms with van der Waals surface area (Å²) in [5.74, 6) is 0. The standard InChI is InChI=1S/C15H24N2O2S/c1-10-5-14(6-11(2)19-10)18-8-13-9-20-15(17-13)7-16-12-3-4-12/h9-12,14,16H,3-8H2,1-2H3. The van der Waals surface area contributed by atoms with Crippen LogP contribution in [0.3, 0.4) is 0 Å². The maximum absolute atomic E-state index is 6.00. The highest BCUT2D eigenvalue weighted by molar-refractivity contribution is 7.09. The van der Waals surface area contributed by atoms with Gasteiger partial charge >= 0.3 is 0 Å². The van der Waals surface area contributed by atoms with Gasteiger partial charge in [-0.1, -0.05) is 0 Å². The minimum absolute atomic E-state index is 0.303. The van der Waals surface area contributed by atoms with Crippen LogP contribution in [0.4, 0.5) is 0 Å². The minimum atomic E-state index is 0.303. The summed E-state index contributed by atoms with van der Waals surface area (Å²) >= 11 is 1.73. The largest absolute Gasteiger partial charge is 0.375 e. The zero-order valence-corrected chi connectivity index (χ0v) is 13.1. The molecule has 3 rings (SSSR count). The highest BCUT2D eigenvalue weighted by Crippen LogP contribution is 2.23. The summed E-state index contributed by atoms with van der Waals surface area (Å²) in [6, 6.07) is 0.740. The lowest BCUT2D eigenvalue weighted by Crippen LogP contribution is -2.34. The van der Waals surface area contributed by atoms with Crippen LogP contribution in [0.15, 0.2) is 5.38 Å². The molecule has 1 aliphatic heterocycles. The van der Waals surface area contributed by atoms with E-state index in [-0.39, 0.29) is 0 Å². The summed E-state index contributed by atoms with van der Waals surface area (Å²) in [5, 5.41) is 6.79. The molecule has 1 aliphatic carbocycles. The molecule has 2 unspecified atom stereocenters. The number of aromatic nitrogens is 1. The molecule has 0 radical (unpaired) electrons. The van der Waals surface area contributed by atoms with Gasteiger partial charge in [0.05, 0.1) is 30.6 Å². The zero-order chi connectivity index (χ0) is 13.9. The highest BCUT2D eigenvalue weighted by atomic mass is 32.1. The second-order valence-corrected chi connectivity index (χ2v) is 6.99. The molecule has 1 aromatic rings. The molecule has 5 heteroatoms. The Labute approximate surface area is 124 Å². The van der Waals surface area contributed by atoms with Crippen LogP contribution in [0, 0.1) is 0 Å². The van der Waals surface area contributed by atoms with Gasteiger partial charge in [0, 0.05) is 18.0 Å². The smallest absolute Gasteiger partial charge is 0.107 e. The highest BCUT2D eigenvalue weighted by Gasteiger charge is 2.25. The molecular weight excluding hydrogens is 272 g/mol. The molecule has 0 aromatic carbocycles. The Hall–Kier alpha value is -0.490. The fraction of sp³-hybridized carbons (Fsp3) is 0.800. The molecule has 0 spiro atoms. The van der Waals surface area contributed by atoms with Crippen LogP contribution in [0.1, 0.15) is 50.2 Å². The molecule has 2 fully saturated rings. The van der Waals surface area contributed by atoms with E-state index in [1.54, 1.807) is 11.3 Å². The van der Waals surface area contributed by atoms with Crippen LogP contribution < -0.4 is 5.32 Å². The van der Waals surface area contributed by atoms with E-state index in [1.165, 1.54) is 17.8 Å². The molecule has 1 aromatic heterocycles. The van der Waals surface area contributed by atoms with Gasteiger partial charge in [-0.05, 0) is 39.5 Å². The number of hydrogen-bond donors (Lipinski definition) is 1. The van der Waals surface area contributed by atoms with Gasteiger partial charge in [-0.2, -0.15) is 0 Å². The number of nitrogens with zero attached hydrogens (tertiary/aromatic N) is 1. The first-order chi connectivity index (χ1) is 9.69. The fourth-order valence-corrected chi connectivity index (χ4v) is 3.43. The van der Waals surface area contributed by atoms with E-state index in [2.05, 4.69) is 29.5 Å². The second-order valence-electron chi connectivity index (χ2n) is 6.05. The number of thiazole rings is 1. The van der Waals surface area contributed by atoms with Crippen molar-refractivity contribution in [2.24, 2.45) is 0 Å². The van der Waals surface area contributed by atoms with Crippen LogP contribution >= 0.6 is 11.3 Å². The van der Waals surface area contributed by atoms with Gasteiger partial charge in [0.2, 0.25) is 0 Å². The minimum Gasteiger partial charge on any atom is -0.375 e. The van der Waals surface area contributed by atoms with E-state index in [1.807, 2.05) is 0 Å². The summed E-state index contributed by atoms with van der Waals surface area (Å²) in [6.07, 6.45) is 5.54. The maximum Gasteiger partial charge on any atom is 0.107 e. The lowest BCUT2D eigenvalue weighted by atomic mass is 10.0. The van der Waals surface area contributed by atoms with Crippen LogP contribution in [0.5, 0.6) is 0 Å². The molecule has 112 valence electrons. The fourth-order valence-electron chi connectivity index (χ4n) is 2.70. The van der Waals surface area contributed by atoms with Crippen LogP contribution in [-0.2, 0) is 22.6 Å². The molecule has 20 heavy (non-hydrogen) atoms. The van der Waals surface area contributed by atoms with Gasteiger partial charge in [-0.3, -0.25) is 0 Å². The number of rotatable bonds is 6. The van der Waals surface area contributed by atoms with Crippen molar-refractivity contribution in [1.82, 2.24) is 10.3 Å². The van der Waals surface area contributed by atoms with Crippen molar-refractivity contribution in [1.29, 1.82) is 0 Å². The molecule has 2 atom stereocenters. The lowest BCUT2D eigenvalue weighted by Gasteiger charge is -2.31. The first-order valence-electron chi connectivity index (χ1n) is 7.63. The van der Waals surface area contributed by atoms with E-state index in [9.17, 15) is 0 Å². The quantitative estimate of drug-likeness (QED) is 0.876. The van der Waals surface area contributed by atoms with Crippen molar-refractivity contribution in [2.75, 3.05) is 0 Å². The Balaban J connectivity index is 1.43. The third kappa shape index (κ3) is 4.25. The van der Waals surface area contributed by atoms with Gasteiger partial charge in [0.1, 0.15) is 5.01 Å². The summed E-state index contributed by atoms with van der Waals surface area (Å²) in [5.41, 5.74) is 1.06. The summed E-state index contributed by atoms with van der Waals surface area (Å²) in [6.45, 7) is 5.78. The number of hydrogen-bond acceptors (Lipinski definition) is 5. The van der Waals surface area contributed by atoms with Gasteiger partial charge in [-0.25, -0.2) is 4.98 Å². The molecule has 1 N–H and O–H groups in total. The average Bonchev–Trinajstić information content (AvgIpc) is 3.12. The molecule has 1 saturated heterocycles. The Bertz CT molecular complexity index is 423. The lowest BCUT2D eigenvalue weighted by molar-refractivity contribution is -0.106. The Morgan fingerprint density at radius 2 is 2.10 bits per heavy atom. The van der Waals surface area contributed by atoms with Gasteiger partial charge < -0.3 is 14.8 Å². The van der Waals surface area contributed by atoms with Crippen LogP contribution in [0.25, 0.3) is 0 Å². The Morgan fingerprint density at radius 3 is 2.80 bits per heavy atom. The number of ether oxygens (including phenoxy) is 2. The third-order valence-corrected chi connectivity index (χ3v) is 4.74. The first-order valence-corrected chi connectivity index (χ1v) is 8.50. The predicted octanol–water partition coefficient (Wildman–Crippen LogP) is 2.87. The molecule has 2 aliphatic rings. The maximum atomic E-state index is 6.00. The van der Waals surface area contributed by atoms with Crippen molar-refractivity contribution < 1.29 is 9.47 Å². The van der Waals surface area contributed by atoms with Gasteiger partial charge in [-0.15, -0.1) is 11.3 Å². The summed E-state index contributed by atoms with van der Waals surface area (Å²) in [7, 11) is 0. The molecule has 1 saturated carbocycles. The van der Waals surface area contributed by atoms with E-state index >= 15 is 0 Å². The van der Waals surface area contributed by atoms with Gasteiger partial charge in [0.25, 0.3) is 0 Å². The van der Waals surface area contributed by atoms with E-state index in [4.69, 9.17) is 9.47 Å². The van der Waals surface area contributed by atoms with Crippen molar-refractivity contribution >= 4 is 11.3 Å². The van der Waals surface area contributed by atoms with Crippen molar-refractivity contribution in [3.05, 3.63) is 16.1 Å². The Morgan fingerprint density at radius 1 is 1.35 bits per heavy atom. The average molecular weight is 296 g/mol. The third-order valence-electron chi connectivity index (χ3n) is 3.84. The van der Waals surface area contributed by atoms with Gasteiger partial charge in [0.15, 0.2) is 0 Å². The zero-order valence-electron chi connectivity index (χ0n) is 12.3. The van der Waals surface area contributed by atoms with E-state index in [0.29, 0.717) is 24.9 Å². The number of nitrogens with one attached hydrogen (secondary N) is 1. The topological polar surface area (TPSA) is 43.4 Å². The molecule has 2 heterocycles. The van der Waals surface area contributed by atoms with Crippen molar-refractivity contribution in [3.8, 4) is 0 Å². The monoisotopic (exact) mass is 296 g/mol.